The van der Waals surface area contributed by atoms with Gasteiger partial charge in [0.05, 0.1) is 18.4 Å². The summed E-state index contributed by atoms with van der Waals surface area (Å²) in [4.78, 5) is 37.5. The van der Waals surface area contributed by atoms with Crippen LogP contribution in [0.5, 0.6) is 0 Å². The molecule has 0 aliphatic rings. The van der Waals surface area contributed by atoms with E-state index in [1.165, 1.54) is 12.3 Å². The number of ether oxygens (including phenoxy) is 1. The molecule has 1 amide bonds. The first-order valence-electron chi connectivity index (χ1n) is 10.1. The molecule has 1 unspecified atom stereocenters. The average Bonchev–Trinajstić information content (AvgIpc) is 3.34. The van der Waals surface area contributed by atoms with Crippen molar-refractivity contribution in [1.29, 1.82) is 0 Å². The maximum Gasteiger partial charge on any atom is 0.338 e. The molecule has 3 rings (SSSR count). The molecule has 2 aromatic carbocycles. The van der Waals surface area contributed by atoms with Crippen molar-refractivity contribution in [2.45, 2.75) is 25.9 Å². The minimum atomic E-state index is -1.04. The topological polar surface area (TPSA) is 97.6 Å². The van der Waals surface area contributed by atoms with Gasteiger partial charge in [0.15, 0.2) is 11.9 Å². The molecule has 1 atom stereocenters. The highest BCUT2D eigenvalue weighted by molar-refractivity contribution is 6.04. The molecule has 7 nitrogen and oxygen atoms in total. The van der Waals surface area contributed by atoms with E-state index in [9.17, 15) is 14.4 Å². The number of furan rings is 1. The Balaban J connectivity index is 1.74. The smallest absolute Gasteiger partial charge is 0.338 e. The minimum absolute atomic E-state index is 0.0952. The Morgan fingerprint density at radius 2 is 1.68 bits per heavy atom. The molecule has 0 fully saturated rings. The van der Waals surface area contributed by atoms with Gasteiger partial charge in [0.25, 0.3) is 5.91 Å². The summed E-state index contributed by atoms with van der Waals surface area (Å²) in [5.41, 5.74) is 1.40. The van der Waals surface area contributed by atoms with E-state index < -0.39 is 18.0 Å². The summed E-state index contributed by atoms with van der Waals surface area (Å²) in [5.74, 6) is -1.15. The van der Waals surface area contributed by atoms with E-state index in [-0.39, 0.29) is 11.5 Å². The van der Waals surface area contributed by atoms with Crippen LogP contribution < -0.4 is 10.6 Å². The van der Waals surface area contributed by atoms with E-state index in [4.69, 9.17) is 9.15 Å². The third kappa shape index (κ3) is 6.05. The number of hydrogen-bond donors (Lipinski definition) is 2. The van der Waals surface area contributed by atoms with Gasteiger partial charge in [-0.05, 0) is 42.8 Å². The lowest BCUT2D eigenvalue weighted by atomic mass is 10.1. The van der Waals surface area contributed by atoms with Gasteiger partial charge in [-0.3, -0.25) is 9.59 Å². The number of ketones is 1. The maximum atomic E-state index is 13.0. The van der Waals surface area contributed by atoms with Gasteiger partial charge in [-0.1, -0.05) is 43.7 Å². The largest absolute Gasteiger partial charge is 0.462 e. The van der Waals surface area contributed by atoms with Crippen LogP contribution >= 0.6 is 0 Å². The number of benzene rings is 2. The number of unbranched alkanes of at least 4 members (excludes halogenated alkanes) is 1. The lowest BCUT2D eigenvalue weighted by Gasteiger charge is -2.20. The van der Waals surface area contributed by atoms with Gasteiger partial charge in [-0.15, -0.1) is 0 Å². The van der Waals surface area contributed by atoms with Crippen molar-refractivity contribution >= 4 is 23.3 Å². The van der Waals surface area contributed by atoms with Crippen LogP contribution in [0.2, 0.25) is 0 Å². The van der Waals surface area contributed by atoms with E-state index in [1.807, 2.05) is 6.92 Å². The predicted octanol–water partition coefficient (Wildman–Crippen LogP) is 4.29. The molecule has 0 radical (unpaired) electrons. The summed E-state index contributed by atoms with van der Waals surface area (Å²) in [5, 5.41) is 5.67. The van der Waals surface area contributed by atoms with Crippen LogP contribution in [0.15, 0.2) is 77.4 Å². The Bertz CT molecular complexity index is 998. The van der Waals surface area contributed by atoms with Crippen LogP contribution in [-0.2, 0) is 4.74 Å². The van der Waals surface area contributed by atoms with Crippen molar-refractivity contribution in [3.05, 3.63) is 89.9 Å². The molecule has 2 N–H and O–H groups in total. The van der Waals surface area contributed by atoms with Crippen LogP contribution in [0.4, 0.5) is 5.69 Å². The van der Waals surface area contributed by atoms with Gasteiger partial charge in [0.2, 0.25) is 5.78 Å². The third-order valence-corrected chi connectivity index (χ3v) is 4.50. The molecule has 3 aromatic rings. The number of anilines is 1. The first kappa shape index (κ1) is 21.8. The van der Waals surface area contributed by atoms with Crippen molar-refractivity contribution in [3.63, 3.8) is 0 Å². The molecular formula is C24H24N2O5. The van der Waals surface area contributed by atoms with Crippen LogP contribution in [-0.4, -0.2) is 30.4 Å². The van der Waals surface area contributed by atoms with E-state index in [0.717, 1.165) is 12.8 Å². The zero-order chi connectivity index (χ0) is 22.1. The molecule has 31 heavy (non-hydrogen) atoms. The number of hydrogen-bond acceptors (Lipinski definition) is 6. The SMILES string of the molecule is CCCCOC(=O)c1ccc(NC(NC(=O)c2ccco2)C(=O)c2ccccc2)cc1. The lowest BCUT2D eigenvalue weighted by molar-refractivity contribution is 0.0499. The zero-order valence-corrected chi connectivity index (χ0v) is 17.2. The number of carbonyl (C=O) groups excluding carboxylic acids is 3. The fraction of sp³-hybridized carbons (Fsp3) is 0.208. The normalized spacial score (nSPS) is 11.4. The highest BCUT2D eigenvalue weighted by atomic mass is 16.5. The number of amides is 1. The second-order valence-electron chi connectivity index (χ2n) is 6.83. The Hall–Kier alpha value is -3.87. The number of rotatable bonds is 10. The molecule has 0 saturated carbocycles. The molecule has 1 heterocycles. The summed E-state index contributed by atoms with van der Waals surface area (Å²) in [7, 11) is 0. The fourth-order valence-corrected chi connectivity index (χ4v) is 2.81. The monoisotopic (exact) mass is 420 g/mol. The molecule has 0 spiro atoms. The van der Waals surface area contributed by atoms with Gasteiger partial charge >= 0.3 is 5.97 Å². The van der Waals surface area contributed by atoms with E-state index in [0.29, 0.717) is 23.4 Å². The maximum absolute atomic E-state index is 13.0. The Labute approximate surface area is 180 Å². The van der Waals surface area contributed by atoms with Gasteiger partial charge in [-0.25, -0.2) is 4.79 Å². The molecule has 160 valence electrons. The third-order valence-electron chi connectivity index (χ3n) is 4.50. The Morgan fingerprint density at radius 3 is 2.32 bits per heavy atom. The standard InChI is InChI=1S/C24H24N2O5/c1-2-3-15-31-24(29)18-11-13-19(14-12-18)25-22(21(27)17-8-5-4-6-9-17)26-23(28)20-10-7-16-30-20/h4-14,16,22,25H,2-3,15H2,1H3,(H,26,28). The summed E-state index contributed by atoms with van der Waals surface area (Å²) in [6.07, 6.45) is 2.09. The Morgan fingerprint density at radius 1 is 0.935 bits per heavy atom. The number of carbonyl (C=O) groups is 3. The molecule has 0 aliphatic heterocycles. The number of nitrogens with one attached hydrogen (secondary N) is 2. The van der Waals surface area contributed by atoms with Crippen LogP contribution in [0, 0.1) is 0 Å². The van der Waals surface area contributed by atoms with Crippen molar-refractivity contribution in [3.8, 4) is 0 Å². The molecule has 0 bridgehead atoms. The highest BCUT2D eigenvalue weighted by Gasteiger charge is 2.23. The molecule has 0 aliphatic carbocycles. The van der Waals surface area contributed by atoms with Crippen LogP contribution in [0.1, 0.15) is 51.0 Å². The predicted molar refractivity (Wildman–Crippen MR) is 116 cm³/mol. The molecule has 0 saturated heterocycles. The van der Waals surface area contributed by atoms with Crippen LogP contribution in [0.3, 0.4) is 0 Å². The van der Waals surface area contributed by atoms with Gasteiger partial charge in [0, 0.05) is 11.3 Å². The van der Waals surface area contributed by atoms with Crippen molar-refractivity contribution in [1.82, 2.24) is 5.32 Å². The summed E-state index contributed by atoms with van der Waals surface area (Å²) >= 11 is 0. The summed E-state index contributed by atoms with van der Waals surface area (Å²) in [6.45, 7) is 2.40. The van der Waals surface area contributed by atoms with Crippen molar-refractivity contribution in [2.75, 3.05) is 11.9 Å². The summed E-state index contributed by atoms with van der Waals surface area (Å²) in [6, 6.07) is 18.3. The quantitative estimate of drug-likeness (QED) is 0.220. The minimum Gasteiger partial charge on any atom is -0.462 e. The van der Waals surface area contributed by atoms with E-state index >= 15 is 0 Å². The Kier molecular flexibility index (Phi) is 7.59. The number of esters is 1. The van der Waals surface area contributed by atoms with Gasteiger partial charge in [0.1, 0.15) is 0 Å². The van der Waals surface area contributed by atoms with Crippen molar-refractivity contribution in [2.24, 2.45) is 0 Å². The van der Waals surface area contributed by atoms with Crippen molar-refractivity contribution < 1.29 is 23.5 Å². The second-order valence-corrected chi connectivity index (χ2v) is 6.83. The molecule has 7 heteroatoms. The van der Waals surface area contributed by atoms with Crippen LogP contribution in [0.25, 0.3) is 0 Å². The second kappa shape index (κ2) is 10.8. The number of Topliss-reactive ketones (excluding diaryl/α,β-unsaturated/α-hetero) is 1. The average molecular weight is 420 g/mol. The van der Waals surface area contributed by atoms with E-state index in [2.05, 4.69) is 10.6 Å². The first-order chi connectivity index (χ1) is 15.1. The van der Waals surface area contributed by atoms with Gasteiger partial charge in [-0.2, -0.15) is 0 Å². The van der Waals surface area contributed by atoms with E-state index in [1.54, 1.807) is 60.7 Å². The zero-order valence-electron chi connectivity index (χ0n) is 17.2. The molecule has 1 aromatic heterocycles. The fourth-order valence-electron chi connectivity index (χ4n) is 2.81. The lowest BCUT2D eigenvalue weighted by Crippen LogP contribution is -2.46. The molecular weight excluding hydrogens is 396 g/mol. The first-order valence-corrected chi connectivity index (χ1v) is 10.1. The highest BCUT2D eigenvalue weighted by Crippen LogP contribution is 2.14. The summed E-state index contributed by atoms with van der Waals surface area (Å²) < 4.78 is 10.3. The van der Waals surface area contributed by atoms with Gasteiger partial charge < -0.3 is 19.8 Å².